The fourth-order valence-electron chi connectivity index (χ4n) is 1.23. The Hall–Kier alpha value is -2.44. The van der Waals surface area contributed by atoms with Crippen molar-refractivity contribution >= 4 is 11.9 Å². The van der Waals surface area contributed by atoms with Gasteiger partial charge in [-0.2, -0.15) is 0 Å². The molecule has 0 radical (unpaired) electrons. The van der Waals surface area contributed by atoms with Gasteiger partial charge >= 0.3 is 11.9 Å². The summed E-state index contributed by atoms with van der Waals surface area (Å²) in [5.41, 5.74) is 0. The van der Waals surface area contributed by atoms with E-state index >= 15 is 0 Å². The summed E-state index contributed by atoms with van der Waals surface area (Å²) in [5, 5.41) is 17.3. The molecule has 0 aliphatic carbocycles. The van der Waals surface area contributed by atoms with Crippen molar-refractivity contribution < 1.29 is 34.0 Å². The molecule has 7 nitrogen and oxygen atoms in total. The van der Waals surface area contributed by atoms with Gasteiger partial charge in [-0.15, -0.1) is 0 Å². The van der Waals surface area contributed by atoms with Crippen molar-refractivity contribution in [2.24, 2.45) is 0 Å². The standard InChI is InChI=1S/C11H12O7/c1-16-7-4-3-6(5-8(7)17-2)18-9(10(12)13)11(14)15/h3-5,9H,1-2H3,(H,12,13)(H,14,15). The highest BCUT2D eigenvalue weighted by atomic mass is 16.5. The van der Waals surface area contributed by atoms with Gasteiger partial charge in [-0.3, -0.25) is 0 Å². The van der Waals surface area contributed by atoms with Crippen LogP contribution in [0.1, 0.15) is 0 Å². The second-order valence-corrected chi connectivity index (χ2v) is 3.19. The van der Waals surface area contributed by atoms with Gasteiger partial charge in [0.1, 0.15) is 5.75 Å². The van der Waals surface area contributed by atoms with Crippen LogP contribution in [-0.2, 0) is 9.59 Å². The number of rotatable bonds is 6. The average molecular weight is 256 g/mol. The third-order valence-electron chi connectivity index (χ3n) is 2.06. The van der Waals surface area contributed by atoms with Crippen LogP contribution in [0, 0.1) is 0 Å². The maximum absolute atomic E-state index is 10.7. The van der Waals surface area contributed by atoms with Gasteiger partial charge in [-0.05, 0) is 12.1 Å². The summed E-state index contributed by atoms with van der Waals surface area (Å²) in [6.45, 7) is 0. The third kappa shape index (κ3) is 3.03. The maximum Gasteiger partial charge on any atom is 0.356 e. The second-order valence-electron chi connectivity index (χ2n) is 3.19. The summed E-state index contributed by atoms with van der Waals surface area (Å²) < 4.78 is 14.8. The normalized spacial score (nSPS) is 9.94. The fourth-order valence-corrected chi connectivity index (χ4v) is 1.23. The average Bonchev–Trinajstić information content (AvgIpc) is 2.34. The van der Waals surface area contributed by atoms with Crippen molar-refractivity contribution in [1.82, 2.24) is 0 Å². The van der Waals surface area contributed by atoms with Gasteiger partial charge in [-0.25, -0.2) is 9.59 Å². The molecule has 7 heteroatoms. The fraction of sp³-hybridized carbons (Fsp3) is 0.273. The van der Waals surface area contributed by atoms with E-state index in [2.05, 4.69) is 0 Å². The third-order valence-corrected chi connectivity index (χ3v) is 2.06. The number of carboxylic acids is 2. The molecule has 98 valence electrons. The number of ether oxygens (including phenoxy) is 3. The predicted octanol–water partition coefficient (Wildman–Crippen LogP) is 0.620. The Morgan fingerprint density at radius 3 is 2.06 bits per heavy atom. The molecule has 0 saturated heterocycles. The molecule has 1 rings (SSSR count). The zero-order chi connectivity index (χ0) is 13.7. The highest BCUT2D eigenvalue weighted by Gasteiger charge is 2.28. The molecule has 0 saturated carbocycles. The van der Waals surface area contributed by atoms with Gasteiger partial charge < -0.3 is 24.4 Å². The summed E-state index contributed by atoms with van der Waals surface area (Å²) in [6.07, 6.45) is -1.97. The summed E-state index contributed by atoms with van der Waals surface area (Å²) in [7, 11) is 2.84. The first-order chi connectivity index (χ1) is 8.49. The van der Waals surface area contributed by atoms with Gasteiger partial charge in [0.05, 0.1) is 14.2 Å². The first kappa shape index (κ1) is 13.6. The number of carbonyl (C=O) groups is 2. The Labute approximate surface area is 103 Å². The van der Waals surface area contributed by atoms with Crippen LogP contribution in [0.15, 0.2) is 18.2 Å². The predicted molar refractivity (Wildman–Crippen MR) is 59.2 cm³/mol. The lowest BCUT2D eigenvalue weighted by Gasteiger charge is -2.13. The monoisotopic (exact) mass is 256 g/mol. The number of hydrogen-bond acceptors (Lipinski definition) is 5. The molecule has 1 aromatic rings. The van der Waals surface area contributed by atoms with Crippen LogP contribution in [0.4, 0.5) is 0 Å². The van der Waals surface area contributed by atoms with Crippen LogP contribution in [0.3, 0.4) is 0 Å². The van der Waals surface area contributed by atoms with Gasteiger partial charge in [0, 0.05) is 6.07 Å². The molecule has 0 aliphatic rings. The minimum Gasteiger partial charge on any atom is -0.493 e. The molecule has 0 amide bonds. The Balaban J connectivity index is 2.97. The Bertz CT molecular complexity index is 441. The van der Waals surface area contributed by atoms with Gasteiger partial charge in [0.2, 0.25) is 0 Å². The van der Waals surface area contributed by atoms with E-state index in [4.69, 9.17) is 24.4 Å². The molecule has 18 heavy (non-hydrogen) atoms. The Morgan fingerprint density at radius 2 is 1.61 bits per heavy atom. The number of hydrogen-bond donors (Lipinski definition) is 2. The number of aliphatic carboxylic acids is 2. The number of benzene rings is 1. The Morgan fingerprint density at radius 1 is 1.06 bits per heavy atom. The van der Waals surface area contributed by atoms with Crippen molar-refractivity contribution in [1.29, 1.82) is 0 Å². The maximum atomic E-state index is 10.7. The highest BCUT2D eigenvalue weighted by Crippen LogP contribution is 2.31. The summed E-state index contributed by atoms with van der Waals surface area (Å²) in [5.74, 6) is -2.38. The lowest BCUT2D eigenvalue weighted by molar-refractivity contribution is -0.159. The zero-order valence-corrected chi connectivity index (χ0v) is 9.75. The summed E-state index contributed by atoms with van der Waals surface area (Å²) in [4.78, 5) is 21.3. The van der Waals surface area contributed by atoms with E-state index in [-0.39, 0.29) is 5.75 Å². The van der Waals surface area contributed by atoms with Crippen LogP contribution in [-0.4, -0.2) is 42.5 Å². The van der Waals surface area contributed by atoms with Crippen molar-refractivity contribution in [2.75, 3.05) is 14.2 Å². The summed E-state index contributed by atoms with van der Waals surface area (Å²) >= 11 is 0. The van der Waals surface area contributed by atoms with Crippen LogP contribution in [0.2, 0.25) is 0 Å². The molecular weight excluding hydrogens is 244 g/mol. The lowest BCUT2D eigenvalue weighted by Crippen LogP contribution is -2.35. The minimum absolute atomic E-state index is 0.0578. The van der Waals surface area contributed by atoms with E-state index < -0.39 is 18.0 Å². The molecule has 2 N–H and O–H groups in total. The van der Waals surface area contributed by atoms with Crippen molar-refractivity contribution in [2.45, 2.75) is 6.10 Å². The molecule has 0 unspecified atom stereocenters. The van der Waals surface area contributed by atoms with Crippen molar-refractivity contribution in [3.05, 3.63) is 18.2 Å². The van der Waals surface area contributed by atoms with Crippen molar-refractivity contribution in [3.8, 4) is 17.2 Å². The van der Waals surface area contributed by atoms with Crippen LogP contribution < -0.4 is 14.2 Å². The first-order valence-electron chi connectivity index (χ1n) is 4.84. The molecule has 0 bridgehead atoms. The van der Waals surface area contributed by atoms with E-state index in [1.807, 2.05) is 0 Å². The lowest BCUT2D eigenvalue weighted by atomic mass is 10.3. The molecule has 1 aromatic carbocycles. The molecule has 0 heterocycles. The second kappa shape index (κ2) is 5.76. The van der Waals surface area contributed by atoms with E-state index in [1.165, 1.54) is 32.4 Å². The molecule has 0 fully saturated rings. The van der Waals surface area contributed by atoms with Crippen LogP contribution >= 0.6 is 0 Å². The molecule has 0 atom stereocenters. The van der Waals surface area contributed by atoms with E-state index in [9.17, 15) is 9.59 Å². The van der Waals surface area contributed by atoms with Gasteiger partial charge in [0.15, 0.2) is 11.5 Å². The molecule has 0 spiro atoms. The van der Waals surface area contributed by atoms with Crippen LogP contribution in [0.5, 0.6) is 17.2 Å². The van der Waals surface area contributed by atoms with Crippen molar-refractivity contribution in [3.63, 3.8) is 0 Å². The molecular formula is C11H12O7. The minimum atomic E-state index is -1.97. The Kier molecular flexibility index (Phi) is 4.36. The zero-order valence-electron chi connectivity index (χ0n) is 9.75. The smallest absolute Gasteiger partial charge is 0.356 e. The van der Waals surface area contributed by atoms with E-state index in [0.29, 0.717) is 11.5 Å². The van der Waals surface area contributed by atoms with Crippen LogP contribution in [0.25, 0.3) is 0 Å². The largest absolute Gasteiger partial charge is 0.493 e. The van der Waals surface area contributed by atoms with E-state index in [0.717, 1.165) is 0 Å². The van der Waals surface area contributed by atoms with Gasteiger partial charge in [0.25, 0.3) is 6.10 Å². The SMILES string of the molecule is COc1ccc(OC(C(=O)O)C(=O)O)cc1OC. The number of carboxylic acid groups (broad SMARTS) is 2. The first-order valence-corrected chi connectivity index (χ1v) is 4.84. The summed E-state index contributed by atoms with van der Waals surface area (Å²) in [6, 6.07) is 4.22. The van der Waals surface area contributed by atoms with Gasteiger partial charge in [-0.1, -0.05) is 0 Å². The molecule has 0 aliphatic heterocycles. The number of methoxy groups -OCH3 is 2. The topological polar surface area (TPSA) is 102 Å². The molecule has 0 aromatic heterocycles. The highest BCUT2D eigenvalue weighted by molar-refractivity contribution is 5.96. The quantitative estimate of drug-likeness (QED) is 0.719. The van der Waals surface area contributed by atoms with E-state index in [1.54, 1.807) is 0 Å².